The Bertz CT molecular complexity index is 1770. The first-order valence-electron chi connectivity index (χ1n) is 36.3. The monoisotopic (exact) mass is 1310 g/mol. The fraction of sp³-hybridized carbons (Fsp3) is 0.943. The maximum absolute atomic E-state index is 13.0. The van der Waals surface area contributed by atoms with Crippen LogP contribution in [0.15, 0.2) is 0 Å². The Morgan fingerprint density at radius 2 is 0.539 bits per heavy atom. The van der Waals surface area contributed by atoms with Crippen LogP contribution in [0.5, 0.6) is 0 Å². The van der Waals surface area contributed by atoms with Crippen LogP contribution in [0.1, 0.15) is 344 Å². The van der Waals surface area contributed by atoms with Gasteiger partial charge in [0.25, 0.3) is 0 Å². The standard InChI is InChI=1S/C70H136O17P2/c1-9-61(6)47-39-31-22-18-16-14-12-13-15-17-19-25-36-44-52-69(74)86-65(56-80-67(72)50-42-34-24-21-20-23-32-40-48-62(7)10-2)58-84-88(76,77)82-54-64(71)55-83-89(78,79)85-59-66(87-70(75)53-45-37-28-26-30-38-46-60(4)5)57-81-68(73)51-43-35-29-27-33-41-49-63(8)11-3/h60-66,71H,9-59H2,1-8H3,(H,76,77)(H,78,79)/t61?,62?,63?,64-,65-,66-/m1/s1. The molecule has 0 aliphatic carbocycles. The molecule has 3 N–H and O–H groups in total. The molecule has 0 heterocycles. The zero-order chi connectivity index (χ0) is 66.1. The largest absolute Gasteiger partial charge is 0.472 e. The Hall–Kier alpha value is -1.94. The second-order valence-corrected chi connectivity index (χ2v) is 29.4. The van der Waals surface area contributed by atoms with Crippen molar-refractivity contribution in [1.29, 1.82) is 0 Å². The number of ether oxygens (including phenoxy) is 4. The van der Waals surface area contributed by atoms with Crippen LogP contribution in [0.2, 0.25) is 0 Å². The van der Waals surface area contributed by atoms with E-state index in [1.54, 1.807) is 0 Å². The van der Waals surface area contributed by atoms with Gasteiger partial charge in [0.05, 0.1) is 26.4 Å². The molecule has 0 spiro atoms. The minimum Gasteiger partial charge on any atom is -0.462 e. The maximum Gasteiger partial charge on any atom is 0.472 e. The van der Waals surface area contributed by atoms with Crippen LogP contribution in [-0.2, 0) is 65.4 Å². The van der Waals surface area contributed by atoms with Crippen molar-refractivity contribution in [2.24, 2.45) is 23.7 Å². The lowest BCUT2D eigenvalue weighted by atomic mass is 9.99. The second-order valence-electron chi connectivity index (χ2n) is 26.5. The number of carbonyl (C=O) groups excluding carboxylic acids is 4. The molecule has 8 atom stereocenters. The van der Waals surface area contributed by atoms with Gasteiger partial charge in [0.1, 0.15) is 19.3 Å². The van der Waals surface area contributed by atoms with Crippen LogP contribution >= 0.6 is 15.6 Å². The molecule has 89 heavy (non-hydrogen) atoms. The van der Waals surface area contributed by atoms with Crippen LogP contribution in [0.3, 0.4) is 0 Å². The van der Waals surface area contributed by atoms with E-state index in [1.807, 2.05) is 0 Å². The first kappa shape index (κ1) is 87.1. The van der Waals surface area contributed by atoms with E-state index in [2.05, 4.69) is 55.4 Å². The average Bonchev–Trinajstić information content (AvgIpc) is 3.72. The number of aliphatic hydroxyl groups excluding tert-OH is 1. The SMILES string of the molecule is CCC(C)CCCCCCCCCCCCCCCCC(=O)O[C@H](COC(=O)CCCCCCCCCCC(C)CC)COP(=O)(O)OC[C@@H](O)COP(=O)(O)OC[C@@H](COC(=O)CCCCCCCCC(C)CC)OC(=O)CCCCCCCCC(C)C. The zero-order valence-corrected chi connectivity index (χ0v) is 59.8. The topological polar surface area (TPSA) is 237 Å². The number of rotatable bonds is 67. The molecule has 0 bridgehead atoms. The van der Waals surface area contributed by atoms with Crippen molar-refractivity contribution < 1.29 is 80.2 Å². The number of carbonyl (C=O) groups is 4. The fourth-order valence-electron chi connectivity index (χ4n) is 10.4. The van der Waals surface area contributed by atoms with Gasteiger partial charge in [-0.2, -0.15) is 0 Å². The summed E-state index contributed by atoms with van der Waals surface area (Å²) in [5.74, 6) is 0.889. The molecule has 0 saturated carbocycles. The molecule has 0 amide bonds. The van der Waals surface area contributed by atoms with Crippen molar-refractivity contribution >= 4 is 39.5 Å². The maximum atomic E-state index is 13.0. The van der Waals surface area contributed by atoms with Gasteiger partial charge in [-0.25, -0.2) is 9.13 Å². The molecule has 0 saturated heterocycles. The highest BCUT2D eigenvalue weighted by Gasteiger charge is 2.30. The van der Waals surface area contributed by atoms with Gasteiger partial charge in [0.15, 0.2) is 12.2 Å². The minimum absolute atomic E-state index is 0.101. The molecule has 19 heteroatoms. The number of phosphoric acid groups is 2. The van der Waals surface area contributed by atoms with E-state index in [0.29, 0.717) is 31.6 Å². The van der Waals surface area contributed by atoms with Crippen molar-refractivity contribution in [2.75, 3.05) is 39.6 Å². The third-order valence-corrected chi connectivity index (χ3v) is 19.1. The Morgan fingerprint density at radius 3 is 0.798 bits per heavy atom. The third kappa shape index (κ3) is 60.7. The van der Waals surface area contributed by atoms with E-state index in [-0.39, 0.29) is 25.7 Å². The number of aliphatic hydroxyl groups is 1. The molecule has 0 radical (unpaired) electrons. The summed E-state index contributed by atoms with van der Waals surface area (Å²) in [6.45, 7) is 14.1. The smallest absolute Gasteiger partial charge is 0.462 e. The Morgan fingerprint density at radius 1 is 0.315 bits per heavy atom. The van der Waals surface area contributed by atoms with E-state index < -0.39 is 97.5 Å². The molecule has 528 valence electrons. The number of hydrogen-bond donors (Lipinski definition) is 3. The zero-order valence-electron chi connectivity index (χ0n) is 58.1. The van der Waals surface area contributed by atoms with E-state index in [4.69, 9.17) is 37.0 Å². The lowest BCUT2D eigenvalue weighted by molar-refractivity contribution is -0.161. The number of unbranched alkanes of at least 4 members (excludes halogenated alkanes) is 30. The summed E-state index contributed by atoms with van der Waals surface area (Å²) in [6.07, 6.45) is 41.8. The first-order chi connectivity index (χ1) is 42.7. The summed E-state index contributed by atoms with van der Waals surface area (Å²) in [4.78, 5) is 72.5. The third-order valence-electron chi connectivity index (χ3n) is 17.2. The quantitative estimate of drug-likeness (QED) is 0.0222. The number of phosphoric ester groups is 2. The van der Waals surface area contributed by atoms with Gasteiger partial charge in [-0.1, -0.05) is 293 Å². The molecule has 0 fully saturated rings. The van der Waals surface area contributed by atoms with Crippen molar-refractivity contribution in [3.8, 4) is 0 Å². The van der Waals surface area contributed by atoms with Crippen LogP contribution in [0.4, 0.5) is 0 Å². The Balaban J connectivity index is 5.23. The fourth-order valence-corrected chi connectivity index (χ4v) is 12.0. The summed E-state index contributed by atoms with van der Waals surface area (Å²) >= 11 is 0. The number of hydrogen-bond acceptors (Lipinski definition) is 15. The van der Waals surface area contributed by atoms with Crippen LogP contribution in [0.25, 0.3) is 0 Å². The Labute approximate surface area is 543 Å². The van der Waals surface area contributed by atoms with E-state index >= 15 is 0 Å². The summed E-state index contributed by atoms with van der Waals surface area (Å²) in [7, 11) is -9.90. The lowest BCUT2D eigenvalue weighted by Gasteiger charge is -2.21. The highest BCUT2D eigenvalue weighted by molar-refractivity contribution is 7.47. The van der Waals surface area contributed by atoms with E-state index in [0.717, 1.165) is 114 Å². The number of esters is 4. The summed E-state index contributed by atoms with van der Waals surface area (Å²) < 4.78 is 68.2. The first-order valence-corrected chi connectivity index (χ1v) is 39.3. The molecule has 0 aliphatic heterocycles. The molecular weight excluding hydrogens is 1170 g/mol. The molecule has 0 aliphatic rings. The van der Waals surface area contributed by atoms with Gasteiger partial charge < -0.3 is 33.8 Å². The highest BCUT2D eigenvalue weighted by atomic mass is 31.2. The predicted octanol–water partition coefficient (Wildman–Crippen LogP) is 19.7. The Kier molecular flexibility index (Phi) is 58.5. The summed E-state index contributed by atoms with van der Waals surface area (Å²) in [6, 6.07) is 0. The minimum atomic E-state index is -4.95. The normalized spacial score (nSPS) is 15.2. The van der Waals surface area contributed by atoms with Crippen LogP contribution in [0, 0.1) is 23.7 Å². The van der Waals surface area contributed by atoms with Gasteiger partial charge in [-0.05, 0) is 49.4 Å². The summed E-state index contributed by atoms with van der Waals surface area (Å²) in [5, 5.41) is 10.6. The highest BCUT2D eigenvalue weighted by Crippen LogP contribution is 2.45. The molecule has 17 nitrogen and oxygen atoms in total. The van der Waals surface area contributed by atoms with Gasteiger partial charge in [-0.15, -0.1) is 0 Å². The van der Waals surface area contributed by atoms with Crippen molar-refractivity contribution in [3.63, 3.8) is 0 Å². The molecule has 5 unspecified atom stereocenters. The molecule has 0 aromatic carbocycles. The van der Waals surface area contributed by atoms with Crippen LogP contribution < -0.4 is 0 Å². The molecule has 0 aromatic heterocycles. The second kappa shape index (κ2) is 59.8. The van der Waals surface area contributed by atoms with Gasteiger partial charge in [-0.3, -0.25) is 37.3 Å². The summed E-state index contributed by atoms with van der Waals surface area (Å²) in [5.41, 5.74) is 0. The molecule has 0 rings (SSSR count). The average molecular weight is 1310 g/mol. The van der Waals surface area contributed by atoms with Crippen molar-refractivity contribution in [2.45, 2.75) is 363 Å². The van der Waals surface area contributed by atoms with Crippen LogP contribution in [-0.4, -0.2) is 96.7 Å². The van der Waals surface area contributed by atoms with Crippen molar-refractivity contribution in [3.05, 3.63) is 0 Å². The van der Waals surface area contributed by atoms with Crippen molar-refractivity contribution in [1.82, 2.24) is 0 Å². The lowest BCUT2D eigenvalue weighted by Crippen LogP contribution is -2.30. The van der Waals surface area contributed by atoms with Gasteiger partial charge >= 0.3 is 39.5 Å². The molecular formula is C70H136O17P2. The van der Waals surface area contributed by atoms with E-state index in [9.17, 15) is 43.2 Å². The molecule has 0 aromatic rings. The predicted molar refractivity (Wildman–Crippen MR) is 358 cm³/mol. The van der Waals surface area contributed by atoms with E-state index in [1.165, 1.54) is 141 Å². The van der Waals surface area contributed by atoms with Gasteiger partial charge in [0.2, 0.25) is 0 Å². The van der Waals surface area contributed by atoms with Gasteiger partial charge in [0, 0.05) is 25.7 Å².